The number of hydrogen-bond donors (Lipinski definition) is 1. The van der Waals surface area contributed by atoms with E-state index in [0.717, 1.165) is 19.3 Å². The number of carbonyl (C=O) groups is 1. The Kier molecular flexibility index (Phi) is 7.20. The molecule has 1 heterocycles. The van der Waals surface area contributed by atoms with Crippen molar-refractivity contribution in [1.82, 2.24) is 4.57 Å². The number of hydrogen-bond acceptors (Lipinski definition) is 3. The van der Waals surface area contributed by atoms with Gasteiger partial charge in [0, 0.05) is 5.97 Å². The summed E-state index contributed by atoms with van der Waals surface area (Å²) in [7, 11) is 1.95. The molecule has 0 bridgehead atoms. The minimum absolute atomic E-state index is 0.118. The standard InChI is InChI=1S/C9H17N2O.C2H4O2/c1-3-4-5-11-7-6-10(2)9(11)8-12;1-2(3)4/h6-7,12H,3-5,8H2,1-2H3;1H3,(H,3,4)/q+1;/p-1. The van der Waals surface area contributed by atoms with Gasteiger partial charge in [0.15, 0.2) is 0 Å². The van der Waals surface area contributed by atoms with Crippen molar-refractivity contribution >= 4 is 5.97 Å². The predicted molar refractivity (Wildman–Crippen MR) is 57.1 cm³/mol. The van der Waals surface area contributed by atoms with Crippen LogP contribution in [0.1, 0.15) is 32.5 Å². The van der Waals surface area contributed by atoms with Crippen molar-refractivity contribution in [3.05, 3.63) is 18.2 Å². The van der Waals surface area contributed by atoms with Crippen LogP contribution < -0.4 is 9.67 Å². The van der Waals surface area contributed by atoms with Crippen LogP contribution in [0.15, 0.2) is 12.4 Å². The average Bonchev–Trinajstić information content (AvgIpc) is 2.55. The Morgan fingerprint density at radius 2 is 2.19 bits per heavy atom. The van der Waals surface area contributed by atoms with E-state index < -0.39 is 5.97 Å². The van der Waals surface area contributed by atoms with Gasteiger partial charge in [0.25, 0.3) is 5.82 Å². The Morgan fingerprint density at radius 1 is 1.62 bits per heavy atom. The molecule has 5 heteroatoms. The number of aliphatic hydroxyl groups excluding tert-OH is 1. The number of aryl methyl sites for hydroxylation is 2. The molecule has 0 amide bonds. The molecule has 0 spiro atoms. The molecular formula is C11H20N2O3. The largest absolute Gasteiger partial charge is 0.550 e. The summed E-state index contributed by atoms with van der Waals surface area (Å²) in [5.74, 6) is -0.108. The van der Waals surface area contributed by atoms with Crippen LogP contribution in [0.3, 0.4) is 0 Å². The number of carbonyl (C=O) groups excluding carboxylic acids is 1. The Morgan fingerprint density at radius 3 is 2.62 bits per heavy atom. The third-order valence-electron chi connectivity index (χ3n) is 2.10. The first-order valence-electron chi connectivity index (χ1n) is 5.35. The monoisotopic (exact) mass is 228 g/mol. The summed E-state index contributed by atoms with van der Waals surface area (Å²) in [6.45, 7) is 4.27. The van der Waals surface area contributed by atoms with Gasteiger partial charge in [0.05, 0.1) is 13.6 Å². The van der Waals surface area contributed by atoms with Crippen LogP contribution in [0.5, 0.6) is 0 Å². The molecule has 0 aliphatic rings. The highest BCUT2D eigenvalue weighted by Crippen LogP contribution is 1.98. The molecule has 0 aliphatic heterocycles. The van der Waals surface area contributed by atoms with Crippen LogP contribution in [-0.4, -0.2) is 15.6 Å². The van der Waals surface area contributed by atoms with Gasteiger partial charge < -0.3 is 15.0 Å². The number of aliphatic hydroxyl groups is 1. The highest BCUT2D eigenvalue weighted by molar-refractivity contribution is 5.60. The zero-order valence-electron chi connectivity index (χ0n) is 10.1. The molecule has 0 atom stereocenters. The van der Waals surface area contributed by atoms with Gasteiger partial charge in [-0.1, -0.05) is 13.3 Å². The summed E-state index contributed by atoms with van der Waals surface area (Å²) in [4.78, 5) is 8.89. The van der Waals surface area contributed by atoms with Crippen LogP contribution >= 0.6 is 0 Å². The van der Waals surface area contributed by atoms with Gasteiger partial charge >= 0.3 is 0 Å². The van der Waals surface area contributed by atoms with E-state index >= 15 is 0 Å². The maximum absolute atomic E-state index is 9.05. The van der Waals surface area contributed by atoms with Gasteiger partial charge in [-0.2, -0.15) is 0 Å². The van der Waals surface area contributed by atoms with E-state index in [2.05, 4.69) is 11.5 Å². The summed E-state index contributed by atoms with van der Waals surface area (Å²) in [6, 6.07) is 0. The fraction of sp³-hybridized carbons (Fsp3) is 0.636. The minimum Gasteiger partial charge on any atom is -0.550 e. The van der Waals surface area contributed by atoms with Crippen molar-refractivity contribution in [2.75, 3.05) is 0 Å². The molecule has 0 saturated carbocycles. The van der Waals surface area contributed by atoms with Crippen molar-refractivity contribution in [2.45, 2.75) is 39.8 Å². The number of carboxylic acid groups (broad SMARTS) is 1. The predicted octanol–water partition coefficient (Wildman–Crippen LogP) is -0.639. The maximum Gasteiger partial charge on any atom is 0.282 e. The van der Waals surface area contributed by atoms with Crippen LogP contribution in [0.2, 0.25) is 0 Å². The van der Waals surface area contributed by atoms with Crippen molar-refractivity contribution in [2.24, 2.45) is 7.05 Å². The van der Waals surface area contributed by atoms with Crippen LogP contribution in [0.4, 0.5) is 0 Å². The molecule has 0 saturated heterocycles. The maximum atomic E-state index is 9.05. The number of unbranched alkanes of at least 4 members (excludes halogenated alkanes) is 1. The van der Waals surface area contributed by atoms with E-state index in [4.69, 9.17) is 15.0 Å². The second kappa shape index (κ2) is 7.87. The molecule has 1 aromatic rings. The van der Waals surface area contributed by atoms with Crippen LogP contribution in [-0.2, 0) is 25.0 Å². The van der Waals surface area contributed by atoms with Crippen molar-refractivity contribution in [3.8, 4) is 0 Å². The van der Waals surface area contributed by atoms with Crippen molar-refractivity contribution in [1.29, 1.82) is 0 Å². The lowest BCUT2D eigenvalue weighted by atomic mass is 10.3. The minimum atomic E-state index is -1.08. The zero-order chi connectivity index (χ0) is 12.6. The van der Waals surface area contributed by atoms with Crippen LogP contribution in [0, 0.1) is 0 Å². The van der Waals surface area contributed by atoms with E-state index in [-0.39, 0.29) is 6.61 Å². The lowest BCUT2D eigenvalue weighted by Gasteiger charge is -1.98. The van der Waals surface area contributed by atoms with E-state index in [1.807, 2.05) is 24.0 Å². The normalized spacial score (nSPS) is 9.50. The quantitative estimate of drug-likeness (QED) is 0.697. The first-order chi connectivity index (χ1) is 7.52. The second-order valence-electron chi connectivity index (χ2n) is 3.52. The van der Waals surface area contributed by atoms with Gasteiger partial charge in [-0.05, 0) is 13.3 Å². The fourth-order valence-electron chi connectivity index (χ4n) is 1.29. The SMILES string of the molecule is CC(=O)[O-].CCCCn1cc[n+](C)c1CO. The molecule has 1 aromatic heterocycles. The highest BCUT2D eigenvalue weighted by Gasteiger charge is 2.11. The third kappa shape index (κ3) is 5.50. The first-order valence-corrected chi connectivity index (χ1v) is 5.35. The van der Waals surface area contributed by atoms with Crippen molar-refractivity contribution < 1.29 is 19.6 Å². The summed E-state index contributed by atoms with van der Waals surface area (Å²) >= 11 is 0. The molecule has 0 fully saturated rings. The van der Waals surface area contributed by atoms with Crippen molar-refractivity contribution in [3.63, 3.8) is 0 Å². The van der Waals surface area contributed by atoms with Crippen LogP contribution in [0.25, 0.3) is 0 Å². The molecular weight excluding hydrogens is 208 g/mol. The number of rotatable bonds is 4. The summed E-state index contributed by atoms with van der Waals surface area (Å²) in [5, 5.41) is 17.9. The van der Waals surface area contributed by atoms with Gasteiger partial charge in [-0.3, -0.25) is 0 Å². The molecule has 5 nitrogen and oxygen atoms in total. The first kappa shape index (κ1) is 14.6. The molecule has 1 rings (SSSR count). The smallest absolute Gasteiger partial charge is 0.282 e. The number of nitrogens with zero attached hydrogens (tertiary/aromatic N) is 2. The third-order valence-corrected chi connectivity index (χ3v) is 2.10. The van der Waals surface area contributed by atoms with Gasteiger partial charge in [0.1, 0.15) is 19.0 Å². The summed E-state index contributed by atoms with van der Waals surface area (Å²) < 4.78 is 4.05. The number of aromatic nitrogens is 2. The number of carboxylic acids is 1. The zero-order valence-corrected chi connectivity index (χ0v) is 10.1. The molecule has 0 aliphatic carbocycles. The Balaban J connectivity index is 0.000000487. The molecule has 1 N–H and O–H groups in total. The molecule has 92 valence electrons. The Hall–Kier alpha value is -1.36. The lowest BCUT2D eigenvalue weighted by molar-refractivity contribution is -0.680. The van der Waals surface area contributed by atoms with E-state index in [9.17, 15) is 0 Å². The van der Waals surface area contributed by atoms with Gasteiger partial charge in [-0.25, -0.2) is 9.13 Å². The lowest BCUT2D eigenvalue weighted by Crippen LogP contribution is -2.32. The average molecular weight is 228 g/mol. The van der Waals surface area contributed by atoms with Gasteiger partial charge in [0.2, 0.25) is 0 Å². The highest BCUT2D eigenvalue weighted by atomic mass is 16.4. The second-order valence-corrected chi connectivity index (χ2v) is 3.52. The topological polar surface area (TPSA) is 69.2 Å². The fourth-order valence-corrected chi connectivity index (χ4v) is 1.29. The molecule has 0 aromatic carbocycles. The molecule has 0 radical (unpaired) electrons. The summed E-state index contributed by atoms with van der Waals surface area (Å²) in [5.41, 5.74) is 0. The van der Waals surface area contributed by atoms with Gasteiger partial charge in [-0.15, -0.1) is 0 Å². The Bertz CT molecular complexity index is 317. The van der Waals surface area contributed by atoms with E-state index in [0.29, 0.717) is 0 Å². The summed E-state index contributed by atoms with van der Waals surface area (Å²) in [6.07, 6.45) is 6.34. The van der Waals surface area contributed by atoms with E-state index in [1.54, 1.807) is 0 Å². The number of imidazole rings is 1. The van der Waals surface area contributed by atoms with E-state index in [1.165, 1.54) is 12.8 Å². The molecule has 0 unspecified atom stereocenters. The Labute approximate surface area is 96.0 Å². The number of aliphatic carboxylic acids is 1. The molecule has 16 heavy (non-hydrogen) atoms.